The van der Waals surface area contributed by atoms with Gasteiger partial charge in [-0.1, -0.05) is 18.2 Å². The van der Waals surface area contributed by atoms with Gasteiger partial charge in [0.25, 0.3) is 0 Å². The number of hydrogen-bond acceptors (Lipinski definition) is 8. The topological polar surface area (TPSA) is 112 Å². The van der Waals surface area contributed by atoms with Gasteiger partial charge < -0.3 is 20.5 Å². The van der Waals surface area contributed by atoms with Gasteiger partial charge in [0.05, 0.1) is 17.1 Å². The molecule has 0 saturated heterocycles. The van der Waals surface area contributed by atoms with E-state index in [0.29, 0.717) is 27.6 Å². The van der Waals surface area contributed by atoms with Crippen molar-refractivity contribution >= 4 is 39.5 Å². The number of anilines is 3. The highest BCUT2D eigenvalue weighted by Gasteiger charge is 2.11. The van der Waals surface area contributed by atoms with Gasteiger partial charge >= 0.3 is 5.97 Å². The first-order chi connectivity index (χ1) is 13.5. The van der Waals surface area contributed by atoms with Crippen LogP contribution in [0.5, 0.6) is 5.75 Å². The number of hydrogen-bond donors (Lipinski definition) is 2. The molecule has 3 N–H and O–H groups in total. The van der Waals surface area contributed by atoms with Gasteiger partial charge in [0.15, 0.2) is 5.82 Å². The molecule has 0 unspecified atom stereocenters. The summed E-state index contributed by atoms with van der Waals surface area (Å²) in [7, 11) is 1.33. The van der Waals surface area contributed by atoms with Crippen molar-refractivity contribution in [1.82, 2.24) is 15.0 Å². The summed E-state index contributed by atoms with van der Waals surface area (Å²) in [6.45, 7) is 2.05. The maximum Gasteiger partial charge on any atom is 0.337 e. The number of methoxy groups -OCH3 is 1. The van der Waals surface area contributed by atoms with Gasteiger partial charge in [-0.05, 0) is 52.7 Å². The second kappa shape index (κ2) is 8.66. The van der Waals surface area contributed by atoms with Crippen molar-refractivity contribution in [2.24, 2.45) is 0 Å². The number of benzene rings is 2. The molecule has 8 nitrogen and oxygen atoms in total. The number of nitrogens with zero attached hydrogens (tertiary/aromatic N) is 3. The molecule has 0 aliphatic heterocycles. The quantitative estimate of drug-likeness (QED) is 0.555. The highest BCUT2D eigenvalue weighted by atomic mass is 79.9. The van der Waals surface area contributed by atoms with Crippen LogP contribution < -0.4 is 15.8 Å². The lowest BCUT2D eigenvalue weighted by Gasteiger charge is -2.11. The van der Waals surface area contributed by atoms with Crippen molar-refractivity contribution in [1.29, 1.82) is 0 Å². The number of carbonyl (C=O) groups is 1. The van der Waals surface area contributed by atoms with Crippen LogP contribution in [0.4, 0.5) is 17.6 Å². The molecule has 3 aromatic rings. The zero-order chi connectivity index (χ0) is 20.1. The van der Waals surface area contributed by atoms with Gasteiger partial charge in [0, 0.05) is 5.69 Å². The lowest BCUT2D eigenvalue weighted by Crippen LogP contribution is -2.10. The van der Waals surface area contributed by atoms with E-state index in [2.05, 4.69) is 36.2 Å². The Hall–Kier alpha value is -3.20. The highest BCUT2D eigenvalue weighted by Crippen LogP contribution is 2.27. The van der Waals surface area contributed by atoms with Gasteiger partial charge in [-0.3, -0.25) is 0 Å². The molecule has 2 aromatic carbocycles. The first kappa shape index (κ1) is 19.6. The average molecular weight is 444 g/mol. The van der Waals surface area contributed by atoms with Crippen molar-refractivity contribution < 1.29 is 14.3 Å². The minimum atomic E-state index is -0.426. The van der Waals surface area contributed by atoms with Crippen LogP contribution in [0, 0.1) is 6.92 Å². The second-order valence-corrected chi connectivity index (χ2v) is 6.65. The molecule has 0 atom stereocenters. The largest absolute Gasteiger partial charge is 0.484 e. The van der Waals surface area contributed by atoms with Gasteiger partial charge in [0.1, 0.15) is 12.4 Å². The molecule has 28 heavy (non-hydrogen) atoms. The number of para-hydroxylation sites is 1. The molecular weight excluding hydrogens is 426 g/mol. The van der Waals surface area contributed by atoms with Crippen LogP contribution in [0.2, 0.25) is 0 Å². The van der Waals surface area contributed by atoms with E-state index < -0.39 is 5.97 Å². The summed E-state index contributed by atoms with van der Waals surface area (Å²) in [5.74, 6) is 0.891. The molecule has 0 aliphatic carbocycles. The lowest BCUT2D eigenvalue weighted by molar-refractivity contribution is 0.0600. The number of nitrogen functional groups attached to an aromatic ring is 1. The van der Waals surface area contributed by atoms with Gasteiger partial charge in [0.2, 0.25) is 11.9 Å². The molecule has 0 spiro atoms. The molecule has 0 aliphatic rings. The minimum absolute atomic E-state index is 0.0747. The van der Waals surface area contributed by atoms with Crippen LogP contribution in [-0.2, 0) is 11.3 Å². The lowest BCUT2D eigenvalue weighted by atomic mass is 10.2. The number of esters is 1. The summed E-state index contributed by atoms with van der Waals surface area (Å²) in [6, 6.07) is 12.7. The molecule has 144 valence electrons. The Kier molecular flexibility index (Phi) is 6.05. The van der Waals surface area contributed by atoms with Crippen molar-refractivity contribution in [3.63, 3.8) is 0 Å². The zero-order valence-electron chi connectivity index (χ0n) is 15.3. The molecular formula is C19H18BrN5O3. The summed E-state index contributed by atoms with van der Waals surface area (Å²) in [5, 5.41) is 3.13. The Morgan fingerprint density at radius 2 is 1.96 bits per heavy atom. The maximum atomic E-state index is 11.6. The van der Waals surface area contributed by atoms with E-state index in [0.717, 1.165) is 11.3 Å². The van der Waals surface area contributed by atoms with Crippen molar-refractivity contribution in [2.45, 2.75) is 13.5 Å². The fourth-order valence-corrected chi connectivity index (χ4v) is 2.89. The van der Waals surface area contributed by atoms with Crippen LogP contribution in [0.3, 0.4) is 0 Å². The van der Waals surface area contributed by atoms with Crippen LogP contribution in [0.25, 0.3) is 0 Å². The van der Waals surface area contributed by atoms with Crippen molar-refractivity contribution in [3.05, 3.63) is 63.9 Å². The SMILES string of the molecule is COC(=O)c1ccc(OCc2nc(N)nc(Nc3ccccc3C)n2)c(Br)c1. The number of aromatic nitrogens is 3. The van der Waals surface area contributed by atoms with E-state index in [4.69, 9.17) is 15.2 Å². The second-order valence-electron chi connectivity index (χ2n) is 5.80. The first-order valence-corrected chi connectivity index (χ1v) is 9.09. The summed E-state index contributed by atoms with van der Waals surface area (Å²) in [4.78, 5) is 24.1. The van der Waals surface area contributed by atoms with Gasteiger partial charge in [-0.15, -0.1) is 0 Å². The Labute approximate surface area is 170 Å². The van der Waals surface area contributed by atoms with E-state index in [-0.39, 0.29) is 12.6 Å². The maximum absolute atomic E-state index is 11.6. The van der Waals surface area contributed by atoms with E-state index >= 15 is 0 Å². The third-order valence-corrected chi connectivity index (χ3v) is 4.42. The molecule has 0 amide bonds. The summed E-state index contributed by atoms with van der Waals surface area (Å²) in [6.07, 6.45) is 0. The molecule has 0 saturated carbocycles. The Bertz CT molecular complexity index is 1010. The van der Waals surface area contributed by atoms with Crippen LogP contribution >= 0.6 is 15.9 Å². The van der Waals surface area contributed by atoms with Crippen LogP contribution in [-0.4, -0.2) is 28.0 Å². The summed E-state index contributed by atoms with van der Waals surface area (Å²) < 4.78 is 11.0. The monoisotopic (exact) mass is 443 g/mol. The van der Waals surface area contributed by atoms with Crippen molar-refractivity contribution in [3.8, 4) is 5.75 Å². The minimum Gasteiger partial charge on any atom is -0.484 e. The molecule has 0 radical (unpaired) electrons. The van der Waals surface area contributed by atoms with Crippen LogP contribution in [0.1, 0.15) is 21.7 Å². The standard InChI is InChI=1S/C19H18BrN5O3/c1-11-5-3-4-6-14(11)22-19-24-16(23-18(21)25-19)10-28-15-8-7-12(9-13(15)20)17(26)27-2/h3-9H,10H2,1-2H3,(H3,21,22,23,24,25). The molecule has 1 aromatic heterocycles. The van der Waals surface area contributed by atoms with E-state index in [1.54, 1.807) is 18.2 Å². The summed E-state index contributed by atoms with van der Waals surface area (Å²) >= 11 is 3.38. The average Bonchev–Trinajstić information content (AvgIpc) is 2.68. The smallest absolute Gasteiger partial charge is 0.337 e. The third kappa shape index (κ3) is 4.74. The van der Waals surface area contributed by atoms with Gasteiger partial charge in [-0.2, -0.15) is 15.0 Å². The first-order valence-electron chi connectivity index (χ1n) is 8.30. The number of aryl methyl sites for hydroxylation is 1. The van der Waals surface area contributed by atoms with Crippen LogP contribution in [0.15, 0.2) is 46.9 Å². The third-order valence-electron chi connectivity index (χ3n) is 3.80. The predicted molar refractivity (Wildman–Crippen MR) is 109 cm³/mol. The predicted octanol–water partition coefficient (Wildman–Crippen LogP) is 3.63. The van der Waals surface area contributed by atoms with E-state index in [1.807, 2.05) is 31.2 Å². The fraction of sp³-hybridized carbons (Fsp3) is 0.158. The normalized spacial score (nSPS) is 10.4. The Morgan fingerprint density at radius 3 is 2.68 bits per heavy atom. The molecule has 1 heterocycles. The number of nitrogens with two attached hydrogens (primary N) is 1. The van der Waals surface area contributed by atoms with Crippen molar-refractivity contribution in [2.75, 3.05) is 18.2 Å². The zero-order valence-corrected chi connectivity index (χ0v) is 16.9. The van der Waals surface area contributed by atoms with E-state index in [1.165, 1.54) is 7.11 Å². The number of rotatable bonds is 6. The molecule has 3 rings (SSSR count). The number of nitrogens with one attached hydrogen (secondary N) is 1. The summed E-state index contributed by atoms with van der Waals surface area (Å²) in [5.41, 5.74) is 8.14. The molecule has 9 heteroatoms. The number of halogens is 1. The van der Waals surface area contributed by atoms with Gasteiger partial charge in [-0.25, -0.2) is 4.79 Å². The fourth-order valence-electron chi connectivity index (χ4n) is 2.40. The molecule has 0 bridgehead atoms. The highest BCUT2D eigenvalue weighted by molar-refractivity contribution is 9.10. The number of carbonyl (C=O) groups excluding carboxylic acids is 1. The number of ether oxygens (including phenoxy) is 2. The Morgan fingerprint density at radius 1 is 1.18 bits per heavy atom. The van der Waals surface area contributed by atoms with E-state index in [9.17, 15) is 4.79 Å². The Balaban J connectivity index is 1.74. The molecule has 0 fully saturated rings.